The Kier molecular flexibility index (Phi) is 5.94. The molecule has 0 aliphatic carbocycles. The number of nitrogens with zero attached hydrogens (tertiary/aromatic N) is 2. The third kappa shape index (κ3) is 5.15. The van der Waals surface area contributed by atoms with Crippen LogP contribution in [0.4, 0.5) is 10.1 Å². The number of halogens is 2. The van der Waals surface area contributed by atoms with Crippen molar-refractivity contribution in [2.24, 2.45) is 0 Å². The highest BCUT2D eigenvalue weighted by molar-refractivity contribution is 9.10. The van der Waals surface area contributed by atoms with Gasteiger partial charge in [-0.15, -0.1) is 0 Å². The second kappa shape index (κ2) is 8.96. The maximum Gasteiger partial charge on any atom is 0.291 e. The van der Waals surface area contributed by atoms with E-state index in [4.69, 9.17) is 9.15 Å². The Morgan fingerprint density at radius 2 is 2.00 bits per heavy atom. The van der Waals surface area contributed by atoms with Crippen molar-refractivity contribution < 1.29 is 18.3 Å². The summed E-state index contributed by atoms with van der Waals surface area (Å²) in [5.74, 6) is 0.485. The van der Waals surface area contributed by atoms with Crippen LogP contribution in [0.2, 0.25) is 0 Å². The molecule has 6 nitrogen and oxygen atoms in total. The molecule has 1 amide bonds. The second-order valence-electron chi connectivity index (χ2n) is 6.52. The predicted octanol–water partition coefficient (Wildman–Crippen LogP) is 5.26. The van der Waals surface area contributed by atoms with E-state index in [1.807, 2.05) is 30.5 Å². The molecule has 0 fully saturated rings. The number of anilines is 1. The smallest absolute Gasteiger partial charge is 0.291 e. The molecule has 4 rings (SSSR count). The first-order valence-electron chi connectivity index (χ1n) is 9.10. The van der Waals surface area contributed by atoms with E-state index in [-0.39, 0.29) is 24.1 Å². The first-order chi connectivity index (χ1) is 14.5. The van der Waals surface area contributed by atoms with Gasteiger partial charge in [0.05, 0.1) is 17.2 Å². The van der Waals surface area contributed by atoms with E-state index in [0.717, 1.165) is 10.0 Å². The quantitative estimate of drug-likeness (QED) is 0.400. The molecule has 4 aromatic rings. The van der Waals surface area contributed by atoms with Crippen LogP contribution in [0.25, 0.3) is 0 Å². The Bertz CT molecular complexity index is 1150. The van der Waals surface area contributed by atoms with E-state index < -0.39 is 0 Å². The van der Waals surface area contributed by atoms with Gasteiger partial charge in [0.25, 0.3) is 5.91 Å². The lowest BCUT2D eigenvalue weighted by molar-refractivity contribution is 0.0992. The molecule has 8 heteroatoms. The van der Waals surface area contributed by atoms with Gasteiger partial charge in [0.1, 0.15) is 23.9 Å². The standard InChI is InChI=1S/C22H17BrFN3O3/c23-16-11-25-27(13-16)12-15-2-1-3-18(10-15)26-22(28)21-9-8-20(30-21)14-29-19-6-4-17(24)5-7-19/h1-11,13H,12,14H2,(H,26,28). The zero-order valence-electron chi connectivity index (χ0n) is 15.7. The minimum Gasteiger partial charge on any atom is -0.486 e. The monoisotopic (exact) mass is 469 g/mol. The van der Waals surface area contributed by atoms with Crippen LogP contribution in [0.15, 0.2) is 81.9 Å². The molecule has 2 aromatic heterocycles. The van der Waals surface area contributed by atoms with Crippen molar-refractivity contribution in [2.45, 2.75) is 13.2 Å². The van der Waals surface area contributed by atoms with Crippen LogP contribution in [0.3, 0.4) is 0 Å². The third-order valence-corrected chi connectivity index (χ3v) is 4.62. The third-order valence-electron chi connectivity index (χ3n) is 4.21. The van der Waals surface area contributed by atoms with E-state index in [1.165, 1.54) is 24.3 Å². The van der Waals surface area contributed by atoms with Gasteiger partial charge in [0.15, 0.2) is 5.76 Å². The normalized spacial score (nSPS) is 10.7. The Morgan fingerprint density at radius 3 is 2.77 bits per heavy atom. The largest absolute Gasteiger partial charge is 0.486 e. The van der Waals surface area contributed by atoms with Crippen LogP contribution >= 0.6 is 15.9 Å². The van der Waals surface area contributed by atoms with Crippen LogP contribution in [-0.2, 0) is 13.2 Å². The number of furan rings is 1. The minimum absolute atomic E-state index is 0.133. The molecule has 1 N–H and O–H groups in total. The van der Waals surface area contributed by atoms with Crippen molar-refractivity contribution in [3.05, 3.63) is 100 Å². The van der Waals surface area contributed by atoms with Gasteiger partial charge in [-0.3, -0.25) is 9.48 Å². The lowest BCUT2D eigenvalue weighted by Crippen LogP contribution is -2.11. The van der Waals surface area contributed by atoms with Crippen molar-refractivity contribution in [3.63, 3.8) is 0 Å². The maximum atomic E-state index is 12.9. The van der Waals surface area contributed by atoms with Crippen molar-refractivity contribution in [3.8, 4) is 5.75 Å². The van der Waals surface area contributed by atoms with Gasteiger partial charge >= 0.3 is 0 Å². The van der Waals surface area contributed by atoms with E-state index in [2.05, 4.69) is 26.3 Å². The molecule has 0 bridgehead atoms. The number of benzene rings is 2. The lowest BCUT2D eigenvalue weighted by Gasteiger charge is -2.07. The topological polar surface area (TPSA) is 69.3 Å². The van der Waals surface area contributed by atoms with E-state index >= 15 is 0 Å². The molecular weight excluding hydrogens is 453 g/mol. The van der Waals surface area contributed by atoms with Crippen molar-refractivity contribution in [1.82, 2.24) is 9.78 Å². The van der Waals surface area contributed by atoms with Crippen LogP contribution < -0.4 is 10.1 Å². The molecule has 0 saturated heterocycles. The lowest BCUT2D eigenvalue weighted by atomic mass is 10.2. The van der Waals surface area contributed by atoms with Gasteiger partial charge in [-0.05, 0) is 70.0 Å². The number of carbonyl (C=O) groups is 1. The molecule has 0 saturated carbocycles. The first-order valence-corrected chi connectivity index (χ1v) is 9.90. The summed E-state index contributed by atoms with van der Waals surface area (Å²) in [4.78, 5) is 12.5. The van der Waals surface area contributed by atoms with E-state index in [1.54, 1.807) is 23.0 Å². The van der Waals surface area contributed by atoms with Gasteiger partial charge in [0, 0.05) is 11.9 Å². The van der Waals surface area contributed by atoms with Gasteiger partial charge in [-0.1, -0.05) is 12.1 Å². The van der Waals surface area contributed by atoms with Gasteiger partial charge in [-0.2, -0.15) is 5.10 Å². The highest BCUT2D eigenvalue weighted by atomic mass is 79.9. The van der Waals surface area contributed by atoms with Crippen molar-refractivity contribution in [2.75, 3.05) is 5.32 Å². The average molecular weight is 470 g/mol. The predicted molar refractivity (Wildman–Crippen MR) is 113 cm³/mol. The number of hydrogen-bond acceptors (Lipinski definition) is 4. The van der Waals surface area contributed by atoms with E-state index in [9.17, 15) is 9.18 Å². The minimum atomic E-state index is -0.359. The summed E-state index contributed by atoms with van der Waals surface area (Å²) < 4.78 is 26.7. The van der Waals surface area contributed by atoms with Crippen LogP contribution in [-0.4, -0.2) is 15.7 Å². The number of carbonyl (C=O) groups excluding carboxylic acids is 1. The summed E-state index contributed by atoms with van der Waals surface area (Å²) in [5, 5.41) is 7.06. The highest BCUT2D eigenvalue weighted by Crippen LogP contribution is 2.18. The average Bonchev–Trinajstić information content (AvgIpc) is 3.37. The maximum absolute atomic E-state index is 12.9. The molecular formula is C22H17BrFN3O3. The molecule has 0 unspecified atom stereocenters. The number of ether oxygens (including phenoxy) is 1. The summed E-state index contributed by atoms with van der Waals surface area (Å²) in [6.45, 7) is 0.717. The molecule has 0 aliphatic rings. The summed E-state index contributed by atoms with van der Waals surface area (Å²) in [7, 11) is 0. The molecule has 0 radical (unpaired) electrons. The van der Waals surface area contributed by atoms with Crippen molar-refractivity contribution in [1.29, 1.82) is 0 Å². The molecule has 2 aromatic carbocycles. The van der Waals surface area contributed by atoms with Crippen LogP contribution in [0, 0.1) is 5.82 Å². The fraction of sp³-hybridized carbons (Fsp3) is 0.0909. The second-order valence-corrected chi connectivity index (χ2v) is 7.43. The number of rotatable bonds is 7. The molecule has 0 atom stereocenters. The Morgan fingerprint density at radius 1 is 1.17 bits per heavy atom. The molecule has 30 heavy (non-hydrogen) atoms. The first kappa shape index (κ1) is 19.9. The number of aromatic nitrogens is 2. The van der Waals surface area contributed by atoms with E-state index in [0.29, 0.717) is 23.7 Å². The van der Waals surface area contributed by atoms with Crippen LogP contribution in [0.1, 0.15) is 21.9 Å². The summed E-state index contributed by atoms with van der Waals surface area (Å²) in [5.41, 5.74) is 1.65. The summed E-state index contributed by atoms with van der Waals surface area (Å²) >= 11 is 3.37. The Labute approximate surface area is 180 Å². The molecule has 152 valence electrons. The van der Waals surface area contributed by atoms with Gasteiger partial charge in [-0.25, -0.2) is 4.39 Å². The molecule has 2 heterocycles. The van der Waals surface area contributed by atoms with Crippen LogP contribution in [0.5, 0.6) is 5.75 Å². The fourth-order valence-corrected chi connectivity index (χ4v) is 3.14. The molecule has 0 spiro atoms. The molecule has 0 aliphatic heterocycles. The Balaban J connectivity index is 1.36. The fourth-order valence-electron chi connectivity index (χ4n) is 2.81. The number of hydrogen-bond donors (Lipinski definition) is 1. The summed E-state index contributed by atoms with van der Waals surface area (Å²) in [6.07, 6.45) is 3.60. The number of nitrogens with one attached hydrogen (secondary N) is 1. The summed E-state index contributed by atoms with van der Waals surface area (Å²) in [6, 6.07) is 16.5. The Hall–Kier alpha value is -3.39. The zero-order valence-corrected chi connectivity index (χ0v) is 17.3. The van der Waals surface area contributed by atoms with Gasteiger partial charge < -0.3 is 14.5 Å². The van der Waals surface area contributed by atoms with Crippen molar-refractivity contribution >= 4 is 27.5 Å². The SMILES string of the molecule is O=C(Nc1cccc(Cn2cc(Br)cn2)c1)c1ccc(COc2ccc(F)cc2)o1. The zero-order chi connectivity index (χ0) is 20.9. The van der Waals surface area contributed by atoms with Gasteiger partial charge in [0.2, 0.25) is 0 Å². The number of amides is 1. The highest BCUT2D eigenvalue weighted by Gasteiger charge is 2.12.